The minimum atomic E-state index is -3.78. The third-order valence-electron chi connectivity index (χ3n) is 2.56. The number of sulfone groups is 1. The van der Waals surface area contributed by atoms with Crippen LogP contribution in [-0.2, 0) is 14.6 Å². The Hall–Kier alpha value is -1.56. The predicted octanol–water partition coefficient (Wildman–Crippen LogP) is 1.35. The molecular weight excluding hydrogens is 264 g/mol. The van der Waals surface area contributed by atoms with Gasteiger partial charge in [0, 0.05) is 5.54 Å². The number of rotatable bonds is 3. The SMILES string of the molecule is CC(C(=O)NC(C)(C)C)S(=O)(=O)c1ccccc1N. The number of hydrogen-bond donors (Lipinski definition) is 2. The first kappa shape index (κ1) is 15.5. The van der Waals surface area contributed by atoms with Crippen molar-refractivity contribution in [2.24, 2.45) is 0 Å². The van der Waals surface area contributed by atoms with Crippen molar-refractivity contribution in [2.75, 3.05) is 5.73 Å². The van der Waals surface area contributed by atoms with Gasteiger partial charge in [0.2, 0.25) is 5.91 Å². The van der Waals surface area contributed by atoms with Crippen LogP contribution in [-0.4, -0.2) is 25.1 Å². The van der Waals surface area contributed by atoms with Crippen LogP contribution in [0.5, 0.6) is 0 Å². The molecule has 1 aromatic rings. The maximum absolute atomic E-state index is 12.3. The van der Waals surface area contributed by atoms with Crippen LogP contribution in [0.25, 0.3) is 0 Å². The van der Waals surface area contributed by atoms with Gasteiger partial charge >= 0.3 is 0 Å². The van der Waals surface area contributed by atoms with Gasteiger partial charge in [-0.2, -0.15) is 0 Å². The third kappa shape index (κ3) is 3.70. The minimum absolute atomic E-state index is 0.00782. The maximum Gasteiger partial charge on any atom is 0.238 e. The lowest BCUT2D eigenvalue weighted by atomic mass is 10.1. The van der Waals surface area contributed by atoms with Crippen molar-refractivity contribution in [2.45, 2.75) is 43.4 Å². The Kier molecular flexibility index (Phi) is 4.25. The van der Waals surface area contributed by atoms with Crippen LogP contribution in [0.1, 0.15) is 27.7 Å². The van der Waals surface area contributed by atoms with Crippen LogP contribution in [0.3, 0.4) is 0 Å². The van der Waals surface area contributed by atoms with Gasteiger partial charge in [0.15, 0.2) is 9.84 Å². The zero-order valence-corrected chi connectivity index (χ0v) is 12.4. The Morgan fingerprint density at radius 1 is 1.26 bits per heavy atom. The van der Waals surface area contributed by atoms with Gasteiger partial charge in [-0.3, -0.25) is 4.79 Å². The van der Waals surface area contributed by atoms with E-state index in [-0.39, 0.29) is 10.6 Å². The quantitative estimate of drug-likeness (QED) is 0.820. The number of nitrogen functional groups attached to an aromatic ring is 1. The molecule has 19 heavy (non-hydrogen) atoms. The predicted molar refractivity (Wildman–Crippen MR) is 75.4 cm³/mol. The Morgan fingerprint density at radius 2 is 1.79 bits per heavy atom. The van der Waals surface area contributed by atoms with E-state index in [1.54, 1.807) is 32.9 Å². The molecule has 0 saturated carbocycles. The molecule has 1 amide bonds. The van der Waals surface area contributed by atoms with E-state index in [0.717, 1.165) is 0 Å². The number of carbonyl (C=O) groups is 1. The summed E-state index contributed by atoms with van der Waals surface area (Å²) < 4.78 is 24.7. The molecule has 0 aliphatic heterocycles. The fourth-order valence-electron chi connectivity index (χ4n) is 1.54. The van der Waals surface area contributed by atoms with Crippen molar-refractivity contribution in [3.8, 4) is 0 Å². The molecule has 1 aromatic carbocycles. The molecule has 3 N–H and O–H groups in total. The summed E-state index contributed by atoms with van der Waals surface area (Å²) in [6, 6.07) is 6.14. The molecule has 0 heterocycles. The summed E-state index contributed by atoms with van der Waals surface area (Å²) in [5.41, 5.74) is 5.33. The molecule has 0 saturated heterocycles. The van der Waals surface area contributed by atoms with Crippen molar-refractivity contribution in [1.82, 2.24) is 5.32 Å². The number of anilines is 1. The molecule has 106 valence electrons. The second-order valence-electron chi connectivity index (χ2n) is 5.46. The van der Waals surface area contributed by atoms with Crippen LogP contribution < -0.4 is 11.1 Å². The summed E-state index contributed by atoms with van der Waals surface area (Å²) in [6.45, 7) is 6.74. The van der Waals surface area contributed by atoms with Crippen molar-refractivity contribution in [1.29, 1.82) is 0 Å². The maximum atomic E-state index is 12.3. The van der Waals surface area contributed by atoms with Gasteiger partial charge in [-0.15, -0.1) is 0 Å². The Morgan fingerprint density at radius 3 is 2.26 bits per heavy atom. The average molecular weight is 284 g/mol. The lowest BCUT2D eigenvalue weighted by Gasteiger charge is -2.23. The summed E-state index contributed by atoms with van der Waals surface area (Å²) in [7, 11) is -3.78. The lowest BCUT2D eigenvalue weighted by molar-refractivity contribution is -0.121. The number of nitrogens with one attached hydrogen (secondary N) is 1. The first-order valence-corrected chi connectivity index (χ1v) is 7.51. The van der Waals surface area contributed by atoms with E-state index in [1.165, 1.54) is 19.1 Å². The van der Waals surface area contributed by atoms with Gasteiger partial charge < -0.3 is 11.1 Å². The van der Waals surface area contributed by atoms with E-state index in [1.807, 2.05) is 0 Å². The summed E-state index contributed by atoms with van der Waals surface area (Å²) in [5.74, 6) is -0.532. The van der Waals surface area contributed by atoms with Gasteiger partial charge in [0.1, 0.15) is 5.25 Å². The number of benzene rings is 1. The summed E-state index contributed by atoms with van der Waals surface area (Å²) in [5, 5.41) is 1.47. The monoisotopic (exact) mass is 284 g/mol. The number of nitrogens with two attached hydrogens (primary N) is 1. The second-order valence-corrected chi connectivity index (χ2v) is 7.70. The van der Waals surface area contributed by atoms with Crippen molar-refractivity contribution >= 4 is 21.4 Å². The first-order chi connectivity index (χ1) is 8.55. The molecule has 0 spiro atoms. The summed E-state index contributed by atoms with van der Waals surface area (Å²) >= 11 is 0. The highest BCUT2D eigenvalue weighted by Gasteiger charge is 2.32. The van der Waals surface area contributed by atoms with Gasteiger partial charge in [-0.25, -0.2) is 8.42 Å². The van der Waals surface area contributed by atoms with Crippen LogP contribution in [0, 0.1) is 0 Å². The molecule has 0 aliphatic carbocycles. The zero-order chi connectivity index (χ0) is 14.8. The molecule has 1 rings (SSSR count). The smallest absolute Gasteiger partial charge is 0.238 e. The highest BCUT2D eigenvalue weighted by atomic mass is 32.2. The minimum Gasteiger partial charge on any atom is -0.398 e. The van der Waals surface area contributed by atoms with Crippen LogP contribution in [0.2, 0.25) is 0 Å². The number of para-hydroxylation sites is 1. The van der Waals surface area contributed by atoms with Gasteiger partial charge in [0.25, 0.3) is 0 Å². The molecule has 1 atom stereocenters. The second kappa shape index (κ2) is 5.21. The topological polar surface area (TPSA) is 89.3 Å². The van der Waals surface area contributed by atoms with Gasteiger partial charge in [-0.05, 0) is 39.8 Å². The Labute approximate surface area is 114 Å². The standard InChI is InChI=1S/C13H20N2O3S/c1-9(12(16)15-13(2,3)4)19(17,18)11-8-6-5-7-10(11)14/h5-9H,14H2,1-4H3,(H,15,16). The molecule has 0 aromatic heterocycles. The van der Waals surface area contributed by atoms with Crippen LogP contribution >= 0.6 is 0 Å². The lowest BCUT2D eigenvalue weighted by Crippen LogP contribution is -2.47. The number of carbonyl (C=O) groups excluding carboxylic acids is 1. The summed E-state index contributed by atoms with van der Waals surface area (Å²) in [4.78, 5) is 12.0. The Bertz CT molecular complexity index is 574. The Balaban J connectivity index is 3.08. The molecule has 0 bridgehead atoms. The average Bonchev–Trinajstić information content (AvgIpc) is 2.26. The van der Waals surface area contributed by atoms with Gasteiger partial charge in [-0.1, -0.05) is 12.1 Å². The van der Waals surface area contributed by atoms with E-state index >= 15 is 0 Å². The summed E-state index contributed by atoms with van der Waals surface area (Å²) in [6.07, 6.45) is 0. The van der Waals surface area contributed by atoms with Crippen LogP contribution in [0.15, 0.2) is 29.2 Å². The fourth-order valence-corrected chi connectivity index (χ4v) is 2.93. The van der Waals surface area contributed by atoms with Crippen molar-refractivity contribution < 1.29 is 13.2 Å². The number of amides is 1. The zero-order valence-electron chi connectivity index (χ0n) is 11.6. The largest absolute Gasteiger partial charge is 0.398 e. The number of hydrogen-bond acceptors (Lipinski definition) is 4. The molecule has 0 aliphatic rings. The molecule has 1 unspecified atom stereocenters. The molecule has 6 heteroatoms. The normalized spacial score (nSPS) is 13.9. The van der Waals surface area contributed by atoms with Crippen molar-refractivity contribution in [3.63, 3.8) is 0 Å². The van der Waals surface area contributed by atoms with Crippen molar-refractivity contribution in [3.05, 3.63) is 24.3 Å². The third-order valence-corrected chi connectivity index (χ3v) is 4.69. The molecular formula is C13H20N2O3S. The molecule has 5 nitrogen and oxygen atoms in total. The highest BCUT2D eigenvalue weighted by molar-refractivity contribution is 7.93. The fraction of sp³-hybridized carbons (Fsp3) is 0.462. The highest BCUT2D eigenvalue weighted by Crippen LogP contribution is 2.22. The van der Waals surface area contributed by atoms with E-state index in [0.29, 0.717) is 0 Å². The van der Waals surface area contributed by atoms with E-state index < -0.39 is 26.5 Å². The van der Waals surface area contributed by atoms with Gasteiger partial charge in [0.05, 0.1) is 10.6 Å². The molecule has 0 fully saturated rings. The van der Waals surface area contributed by atoms with E-state index in [2.05, 4.69) is 5.32 Å². The first-order valence-electron chi connectivity index (χ1n) is 5.96. The molecule has 0 radical (unpaired) electrons. The van der Waals surface area contributed by atoms with Crippen LogP contribution in [0.4, 0.5) is 5.69 Å². The van der Waals surface area contributed by atoms with E-state index in [4.69, 9.17) is 5.73 Å². The van der Waals surface area contributed by atoms with E-state index in [9.17, 15) is 13.2 Å².